The molecular weight excluding hydrogens is 126 g/mol. The van der Waals surface area contributed by atoms with Crippen LogP contribution in [0.25, 0.3) is 0 Å². The third kappa shape index (κ3) is 2.21. The van der Waals surface area contributed by atoms with Crippen molar-refractivity contribution in [3.05, 3.63) is 11.8 Å². The first kappa shape index (κ1) is 7.32. The maximum Gasteiger partial charge on any atom is 0.144 e. The molecule has 0 atom stereocenters. The van der Waals surface area contributed by atoms with Gasteiger partial charge in [0.05, 0.1) is 0 Å². The third-order valence-electron chi connectivity index (χ3n) is 1.74. The quantitative estimate of drug-likeness (QED) is 0.437. The minimum absolute atomic E-state index is 0.855. The molecule has 0 spiro atoms. The first-order valence-electron chi connectivity index (χ1n) is 3.81. The van der Waals surface area contributed by atoms with E-state index in [-0.39, 0.29) is 0 Å². The fourth-order valence-electron chi connectivity index (χ4n) is 1.18. The molecule has 0 aromatic rings. The van der Waals surface area contributed by atoms with Crippen molar-refractivity contribution in [2.24, 2.45) is 0 Å². The van der Waals surface area contributed by atoms with Gasteiger partial charge in [0.15, 0.2) is 0 Å². The minimum Gasteiger partial charge on any atom is -0.388 e. The summed E-state index contributed by atoms with van der Waals surface area (Å²) in [4.78, 5) is 10.1. The van der Waals surface area contributed by atoms with E-state index in [0.29, 0.717) is 0 Å². The van der Waals surface area contributed by atoms with Crippen molar-refractivity contribution in [2.45, 2.75) is 25.7 Å². The van der Waals surface area contributed by atoms with Crippen molar-refractivity contribution in [3.63, 3.8) is 0 Å². The van der Waals surface area contributed by atoms with Crippen molar-refractivity contribution in [1.29, 1.82) is 0 Å². The van der Waals surface area contributed by atoms with E-state index in [4.69, 9.17) is 0 Å². The molecule has 0 bridgehead atoms. The Bertz CT molecular complexity index is 130. The van der Waals surface area contributed by atoms with Gasteiger partial charge in [0.1, 0.15) is 6.29 Å². The van der Waals surface area contributed by atoms with Gasteiger partial charge in [-0.1, -0.05) is 6.42 Å². The monoisotopic (exact) mass is 139 g/mol. The molecule has 10 heavy (non-hydrogen) atoms. The van der Waals surface area contributed by atoms with Gasteiger partial charge in [0.25, 0.3) is 0 Å². The Kier molecular flexibility index (Phi) is 3.00. The Balaban J connectivity index is 2.42. The smallest absolute Gasteiger partial charge is 0.144 e. The summed E-state index contributed by atoms with van der Waals surface area (Å²) in [5.74, 6) is 0. The van der Waals surface area contributed by atoms with E-state index < -0.39 is 0 Å². The standard InChI is InChI=1S/C8H13NO/c10-7-5-8-4-2-1-3-6-9-8/h5,7,9H,1-4,6H2/b8-5-. The molecule has 0 amide bonds. The van der Waals surface area contributed by atoms with E-state index in [0.717, 1.165) is 24.9 Å². The van der Waals surface area contributed by atoms with Gasteiger partial charge in [-0.15, -0.1) is 0 Å². The predicted octanol–water partition coefficient (Wildman–Crippen LogP) is 1.23. The minimum atomic E-state index is 0.855. The molecule has 0 aromatic carbocycles. The van der Waals surface area contributed by atoms with E-state index in [9.17, 15) is 4.79 Å². The summed E-state index contributed by atoms with van der Waals surface area (Å²) in [7, 11) is 0. The molecule has 0 aromatic heterocycles. The summed E-state index contributed by atoms with van der Waals surface area (Å²) in [6.07, 6.45) is 7.25. The van der Waals surface area contributed by atoms with Crippen molar-refractivity contribution in [3.8, 4) is 0 Å². The molecule has 1 fully saturated rings. The molecule has 1 aliphatic heterocycles. The zero-order valence-corrected chi connectivity index (χ0v) is 6.10. The summed E-state index contributed by atoms with van der Waals surface area (Å²) in [5, 5.41) is 3.21. The van der Waals surface area contributed by atoms with Crippen LogP contribution in [0.1, 0.15) is 25.7 Å². The molecule has 2 nitrogen and oxygen atoms in total. The van der Waals surface area contributed by atoms with E-state index in [1.807, 2.05) is 0 Å². The molecule has 1 saturated heterocycles. The lowest BCUT2D eigenvalue weighted by Gasteiger charge is -2.02. The number of hydrogen-bond acceptors (Lipinski definition) is 2. The SMILES string of the molecule is O=C/C=C1/CCCCCN1. The molecule has 1 rings (SSSR count). The number of hydrogen-bond donors (Lipinski definition) is 1. The molecule has 1 N–H and O–H groups in total. The number of rotatable bonds is 1. The van der Waals surface area contributed by atoms with Crippen LogP contribution in [0.4, 0.5) is 0 Å². The van der Waals surface area contributed by atoms with E-state index in [2.05, 4.69) is 5.32 Å². The van der Waals surface area contributed by atoms with Crippen molar-refractivity contribution >= 4 is 6.29 Å². The lowest BCUT2D eigenvalue weighted by molar-refractivity contribution is -0.104. The van der Waals surface area contributed by atoms with Crippen molar-refractivity contribution in [2.75, 3.05) is 6.54 Å². The Morgan fingerprint density at radius 1 is 1.30 bits per heavy atom. The van der Waals surface area contributed by atoms with Crippen LogP contribution in [0.3, 0.4) is 0 Å². The molecular formula is C8H13NO. The summed E-state index contributed by atoms with van der Waals surface area (Å²) in [6.45, 7) is 1.03. The highest BCUT2D eigenvalue weighted by Crippen LogP contribution is 2.09. The maximum atomic E-state index is 10.1. The second-order valence-corrected chi connectivity index (χ2v) is 2.57. The summed E-state index contributed by atoms with van der Waals surface area (Å²) < 4.78 is 0. The zero-order chi connectivity index (χ0) is 7.23. The van der Waals surface area contributed by atoms with Crippen LogP contribution in [0.5, 0.6) is 0 Å². The number of carbonyl (C=O) groups excluding carboxylic acids is 1. The Labute approximate surface area is 61.3 Å². The Hall–Kier alpha value is -0.790. The summed E-state index contributed by atoms with van der Waals surface area (Å²) >= 11 is 0. The average Bonchev–Trinajstić information content (AvgIpc) is 2.17. The first-order valence-corrected chi connectivity index (χ1v) is 3.81. The van der Waals surface area contributed by atoms with E-state index in [1.165, 1.54) is 19.3 Å². The van der Waals surface area contributed by atoms with Crippen LogP contribution >= 0.6 is 0 Å². The van der Waals surface area contributed by atoms with Gasteiger partial charge in [-0.25, -0.2) is 0 Å². The molecule has 1 aliphatic rings. The van der Waals surface area contributed by atoms with Gasteiger partial charge in [-0.2, -0.15) is 0 Å². The van der Waals surface area contributed by atoms with Crippen LogP contribution in [-0.2, 0) is 4.79 Å². The molecule has 2 heteroatoms. The zero-order valence-electron chi connectivity index (χ0n) is 6.10. The fourth-order valence-corrected chi connectivity index (χ4v) is 1.18. The average molecular weight is 139 g/mol. The summed E-state index contributed by atoms with van der Waals surface area (Å²) in [5.41, 5.74) is 1.10. The maximum absolute atomic E-state index is 10.1. The van der Waals surface area contributed by atoms with Gasteiger partial charge in [0, 0.05) is 12.2 Å². The van der Waals surface area contributed by atoms with Crippen molar-refractivity contribution < 1.29 is 4.79 Å². The first-order chi connectivity index (χ1) is 4.93. The molecule has 0 saturated carbocycles. The van der Waals surface area contributed by atoms with E-state index >= 15 is 0 Å². The fraction of sp³-hybridized carbons (Fsp3) is 0.625. The number of carbonyl (C=O) groups is 1. The molecule has 0 aliphatic carbocycles. The lowest BCUT2D eigenvalue weighted by Crippen LogP contribution is -2.11. The predicted molar refractivity (Wildman–Crippen MR) is 40.6 cm³/mol. The van der Waals surface area contributed by atoms with Gasteiger partial charge in [0.2, 0.25) is 0 Å². The van der Waals surface area contributed by atoms with E-state index in [1.54, 1.807) is 6.08 Å². The van der Waals surface area contributed by atoms with Gasteiger partial charge < -0.3 is 5.32 Å². The Morgan fingerprint density at radius 2 is 2.20 bits per heavy atom. The Morgan fingerprint density at radius 3 is 3.00 bits per heavy atom. The highest BCUT2D eigenvalue weighted by Gasteiger charge is 2.00. The molecule has 1 heterocycles. The molecule has 0 radical (unpaired) electrons. The highest BCUT2D eigenvalue weighted by atomic mass is 16.1. The third-order valence-corrected chi connectivity index (χ3v) is 1.74. The second-order valence-electron chi connectivity index (χ2n) is 2.57. The van der Waals surface area contributed by atoms with Gasteiger partial charge in [-0.05, 0) is 25.3 Å². The summed E-state index contributed by atoms with van der Waals surface area (Å²) in [6, 6.07) is 0. The number of nitrogens with one attached hydrogen (secondary N) is 1. The van der Waals surface area contributed by atoms with Crippen LogP contribution in [0.2, 0.25) is 0 Å². The highest BCUT2D eigenvalue weighted by molar-refractivity contribution is 5.65. The van der Waals surface area contributed by atoms with Crippen LogP contribution in [0, 0.1) is 0 Å². The van der Waals surface area contributed by atoms with Gasteiger partial charge in [-0.3, -0.25) is 4.79 Å². The van der Waals surface area contributed by atoms with Crippen LogP contribution in [-0.4, -0.2) is 12.8 Å². The normalized spacial score (nSPS) is 23.4. The van der Waals surface area contributed by atoms with Gasteiger partial charge >= 0.3 is 0 Å². The molecule has 56 valence electrons. The molecule has 0 unspecified atom stereocenters. The van der Waals surface area contributed by atoms with Crippen LogP contribution in [0.15, 0.2) is 11.8 Å². The van der Waals surface area contributed by atoms with Crippen molar-refractivity contribution in [1.82, 2.24) is 5.32 Å². The second kappa shape index (κ2) is 4.09. The largest absolute Gasteiger partial charge is 0.388 e. The lowest BCUT2D eigenvalue weighted by atomic mass is 10.2. The van der Waals surface area contributed by atoms with Crippen LogP contribution < -0.4 is 5.32 Å². The number of allylic oxidation sites excluding steroid dienone is 2. The topological polar surface area (TPSA) is 29.1 Å². The number of aldehydes is 1.